The van der Waals surface area contributed by atoms with Gasteiger partial charge in [0.25, 0.3) is 5.91 Å². The zero-order valence-corrected chi connectivity index (χ0v) is 13.0. The Morgan fingerprint density at radius 1 is 1.04 bits per heavy atom. The van der Waals surface area contributed by atoms with E-state index in [2.05, 4.69) is 11.1 Å². The Hall–Kier alpha value is -3.38. The minimum absolute atomic E-state index is 0.0757. The van der Waals surface area contributed by atoms with Gasteiger partial charge in [-0.05, 0) is 30.3 Å². The molecule has 0 unspecified atom stereocenters. The average Bonchev–Trinajstić information content (AvgIpc) is 2.67. The molecule has 1 fully saturated rings. The number of rotatable bonds is 2. The molecule has 1 saturated heterocycles. The van der Waals surface area contributed by atoms with E-state index in [1.54, 1.807) is 47.5 Å². The number of carbonyl (C=O) groups is 1. The van der Waals surface area contributed by atoms with Crippen LogP contribution in [-0.4, -0.2) is 42.0 Å². The van der Waals surface area contributed by atoms with E-state index in [1.165, 1.54) is 0 Å². The maximum Gasteiger partial charge on any atom is 0.254 e. The molecule has 2 aromatic rings. The van der Waals surface area contributed by atoms with Crippen molar-refractivity contribution < 1.29 is 4.79 Å². The van der Waals surface area contributed by atoms with Gasteiger partial charge >= 0.3 is 0 Å². The number of aromatic nitrogens is 1. The summed E-state index contributed by atoms with van der Waals surface area (Å²) < 4.78 is 0. The quantitative estimate of drug-likeness (QED) is 0.843. The highest BCUT2D eigenvalue weighted by atomic mass is 16.2. The van der Waals surface area contributed by atoms with Crippen LogP contribution in [0.15, 0.2) is 42.6 Å². The van der Waals surface area contributed by atoms with Crippen LogP contribution >= 0.6 is 0 Å². The molecule has 0 saturated carbocycles. The molecule has 0 spiro atoms. The van der Waals surface area contributed by atoms with Gasteiger partial charge in [0.1, 0.15) is 11.9 Å². The predicted octanol–water partition coefficient (Wildman–Crippen LogP) is 1.79. The average molecular weight is 317 g/mol. The van der Waals surface area contributed by atoms with Gasteiger partial charge in [0.05, 0.1) is 17.2 Å². The van der Waals surface area contributed by atoms with Crippen molar-refractivity contribution in [3.05, 3.63) is 59.3 Å². The number of anilines is 1. The summed E-state index contributed by atoms with van der Waals surface area (Å²) in [6.45, 7) is 2.35. The third kappa shape index (κ3) is 3.04. The van der Waals surface area contributed by atoms with Crippen LogP contribution in [0, 0.1) is 22.7 Å². The van der Waals surface area contributed by atoms with Crippen molar-refractivity contribution in [2.24, 2.45) is 0 Å². The zero-order chi connectivity index (χ0) is 16.9. The van der Waals surface area contributed by atoms with Crippen LogP contribution in [0.4, 0.5) is 5.82 Å². The lowest BCUT2D eigenvalue weighted by atomic mass is 10.1. The summed E-state index contributed by atoms with van der Waals surface area (Å²) in [6, 6.07) is 14.4. The van der Waals surface area contributed by atoms with Crippen molar-refractivity contribution in [1.29, 1.82) is 10.5 Å². The molecule has 2 heterocycles. The summed E-state index contributed by atoms with van der Waals surface area (Å²) in [5.41, 5.74) is 1.55. The number of hydrogen-bond donors (Lipinski definition) is 0. The lowest BCUT2D eigenvalue weighted by Gasteiger charge is -2.35. The predicted molar refractivity (Wildman–Crippen MR) is 88.2 cm³/mol. The largest absolute Gasteiger partial charge is 0.352 e. The first-order chi connectivity index (χ1) is 11.7. The molecule has 24 heavy (non-hydrogen) atoms. The Bertz CT molecular complexity index is 841. The van der Waals surface area contributed by atoms with Gasteiger partial charge in [-0.1, -0.05) is 6.07 Å². The van der Waals surface area contributed by atoms with Crippen molar-refractivity contribution in [3.63, 3.8) is 0 Å². The van der Waals surface area contributed by atoms with Crippen molar-refractivity contribution >= 4 is 11.7 Å². The maximum absolute atomic E-state index is 12.6. The van der Waals surface area contributed by atoms with E-state index >= 15 is 0 Å². The van der Waals surface area contributed by atoms with E-state index in [0.29, 0.717) is 48.7 Å². The van der Waals surface area contributed by atoms with Crippen LogP contribution in [-0.2, 0) is 0 Å². The molecule has 1 amide bonds. The fraction of sp³-hybridized carbons (Fsp3) is 0.222. The van der Waals surface area contributed by atoms with Gasteiger partial charge in [-0.3, -0.25) is 4.79 Å². The van der Waals surface area contributed by atoms with Crippen LogP contribution < -0.4 is 4.90 Å². The van der Waals surface area contributed by atoms with Crippen molar-refractivity contribution in [3.8, 4) is 12.1 Å². The van der Waals surface area contributed by atoms with Crippen molar-refractivity contribution in [2.45, 2.75) is 0 Å². The van der Waals surface area contributed by atoms with E-state index in [1.807, 2.05) is 11.0 Å². The second-order valence-corrected chi connectivity index (χ2v) is 5.46. The third-order valence-corrected chi connectivity index (χ3v) is 4.01. The van der Waals surface area contributed by atoms with E-state index in [-0.39, 0.29) is 5.91 Å². The molecular formula is C18H15N5O. The highest BCUT2D eigenvalue weighted by Crippen LogP contribution is 2.19. The van der Waals surface area contributed by atoms with Crippen molar-refractivity contribution in [2.75, 3.05) is 31.1 Å². The standard InChI is InChI=1S/C18H15N5O/c19-12-14-3-1-4-15(11-14)18(24)23-9-7-22(8-10-23)17-16(13-20)5-2-6-21-17/h1-6,11H,7-10H2. The molecule has 1 aliphatic rings. The highest BCUT2D eigenvalue weighted by molar-refractivity contribution is 5.94. The van der Waals surface area contributed by atoms with Crippen LogP contribution in [0.1, 0.15) is 21.5 Å². The monoisotopic (exact) mass is 317 g/mol. The number of nitriles is 2. The topological polar surface area (TPSA) is 84.0 Å². The lowest BCUT2D eigenvalue weighted by molar-refractivity contribution is 0.0746. The third-order valence-electron chi connectivity index (χ3n) is 4.01. The van der Waals surface area contributed by atoms with E-state index in [9.17, 15) is 10.1 Å². The normalized spacial score (nSPS) is 13.9. The number of amides is 1. The number of nitrogens with zero attached hydrogens (tertiary/aromatic N) is 5. The Balaban J connectivity index is 1.70. The molecule has 1 aliphatic heterocycles. The molecule has 0 aliphatic carbocycles. The molecule has 0 bridgehead atoms. The second-order valence-electron chi connectivity index (χ2n) is 5.46. The molecule has 0 atom stereocenters. The van der Waals surface area contributed by atoms with Gasteiger partial charge in [0.2, 0.25) is 0 Å². The summed E-state index contributed by atoms with van der Waals surface area (Å²) in [5.74, 6) is 0.590. The molecule has 118 valence electrons. The van der Waals surface area contributed by atoms with Crippen LogP contribution in [0.5, 0.6) is 0 Å². The SMILES string of the molecule is N#Cc1cccc(C(=O)N2CCN(c3ncccc3C#N)CC2)c1. The molecule has 1 aromatic carbocycles. The number of piperazine rings is 1. The van der Waals surface area contributed by atoms with E-state index < -0.39 is 0 Å². The number of pyridine rings is 1. The van der Waals surface area contributed by atoms with Gasteiger partial charge in [-0.15, -0.1) is 0 Å². The van der Waals surface area contributed by atoms with Crippen LogP contribution in [0.2, 0.25) is 0 Å². The minimum Gasteiger partial charge on any atom is -0.352 e. The fourth-order valence-electron chi connectivity index (χ4n) is 2.76. The first kappa shape index (κ1) is 15.5. The first-order valence-corrected chi connectivity index (χ1v) is 7.62. The van der Waals surface area contributed by atoms with Gasteiger partial charge in [0, 0.05) is 37.9 Å². The Kier molecular flexibility index (Phi) is 4.40. The van der Waals surface area contributed by atoms with Crippen molar-refractivity contribution in [1.82, 2.24) is 9.88 Å². The lowest BCUT2D eigenvalue weighted by Crippen LogP contribution is -2.49. The molecular weight excluding hydrogens is 302 g/mol. The van der Waals surface area contributed by atoms with Crippen LogP contribution in [0.25, 0.3) is 0 Å². The summed E-state index contributed by atoms with van der Waals surface area (Å²) in [4.78, 5) is 20.6. The highest BCUT2D eigenvalue weighted by Gasteiger charge is 2.24. The van der Waals surface area contributed by atoms with Gasteiger partial charge in [-0.2, -0.15) is 10.5 Å². The Morgan fingerprint density at radius 2 is 1.83 bits per heavy atom. The van der Waals surface area contributed by atoms with E-state index in [0.717, 1.165) is 0 Å². The summed E-state index contributed by atoms with van der Waals surface area (Å²) in [6.07, 6.45) is 1.67. The van der Waals surface area contributed by atoms with Gasteiger partial charge in [0.15, 0.2) is 0 Å². The summed E-state index contributed by atoms with van der Waals surface area (Å²) in [7, 11) is 0. The summed E-state index contributed by atoms with van der Waals surface area (Å²) in [5, 5.41) is 18.1. The molecule has 6 heteroatoms. The van der Waals surface area contributed by atoms with E-state index in [4.69, 9.17) is 5.26 Å². The minimum atomic E-state index is -0.0757. The Morgan fingerprint density at radius 3 is 2.54 bits per heavy atom. The molecule has 0 radical (unpaired) electrons. The fourth-order valence-corrected chi connectivity index (χ4v) is 2.76. The molecule has 0 N–H and O–H groups in total. The molecule has 1 aromatic heterocycles. The van der Waals surface area contributed by atoms with Crippen LogP contribution in [0.3, 0.4) is 0 Å². The molecule has 6 nitrogen and oxygen atoms in total. The second kappa shape index (κ2) is 6.80. The zero-order valence-electron chi connectivity index (χ0n) is 13.0. The molecule has 3 rings (SSSR count). The van der Waals surface area contributed by atoms with Gasteiger partial charge < -0.3 is 9.80 Å². The maximum atomic E-state index is 12.6. The Labute approximate surface area is 140 Å². The first-order valence-electron chi connectivity index (χ1n) is 7.62. The number of hydrogen-bond acceptors (Lipinski definition) is 5. The smallest absolute Gasteiger partial charge is 0.254 e. The summed E-state index contributed by atoms with van der Waals surface area (Å²) >= 11 is 0. The van der Waals surface area contributed by atoms with Gasteiger partial charge in [-0.25, -0.2) is 4.98 Å². The number of benzene rings is 1. The number of carbonyl (C=O) groups excluding carboxylic acids is 1.